The number of phenols is 1. The average Bonchev–Trinajstić information content (AvgIpc) is 2.11. The van der Waals surface area contributed by atoms with Gasteiger partial charge in [0.15, 0.2) is 0 Å². The first-order chi connectivity index (χ1) is 6.15. The highest BCUT2D eigenvalue weighted by Crippen LogP contribution is 2.16. The first-order valence-electron chi connectivity index (χ1n) is 4.34. The third kappa shape index (κ3) is 4.31. The molecule has 0 aromatic heterocycles. The number of carbonyl (C=O) groups is 1. The lowest BCUT2D eigenvalue weighted by molar-refractivity contribution is -0.106. The van der Waals surface area contributed by atoms with Crippen LogP contribution in [0.5, 0.6) is 5.75 Å². The van der Waals surface area contributed by atoms with Crippen LogP contribution in [0.25, 0.3) is 0 Å². The summed E-state index contributed by atoms with van der Waals surface area (Å²) < 4.78 is 0. The van der Waals surface area contributed by atoms with E-state index in [1.165, 1.54) is 12.5 Å². The smallest absolute Gasteiger partial charge is 0.118 e. The molecule has 13 heavy (non-hydrogen) atoms. The molecule has 0 bridgehead atoms. The van der Waals surface area contributed by atoms with Gasteiger partial charge in [-0.3, -0.25) is 0 Å². The van der Waals surface area contributed by atoms with Crippen molar-refractivity contribution in [2.75, 3.05) is 0 Å². The van der Waals surface area contributed by atoms with Crippen LogP contribution in [-0.2, 0) is 11.2 Å². The minimum atomic E-state index is 0.386. The number of carbonyl (C=O) groups excluding carboxylic acids is 1. The Bertz CT molecular complexity index is 267. The second-order valence-electron chi connectivity index (χ2n) is 2.71. The van der Waals surface area contributed by atoms with Crippen LogP contribution in [0, 0.1) is 6.92 Å². The van der Waals surface area contributed by atoms with Crippen molar-refractivity contribution in [3.63, 3.8) is 0 Å². The van der Waals surface area contributed by atoms with Crippen LogP contribution in [0.15, 0.2) is 18.2 Å². The lowest BCUT2D eigenvalue weighted by Gasteiger charge is -1.99. The molecule has 0 heterocycles. The zero-order chi connectivity index (χ0) is 10.3. The maximum Gasteiger partial charge on any atom is 0.118 e. The van der Waals surface area contributed by atoms with Gasteiger partial charge in [0.25, 0.3) is 0 Å². The van der Waals surface area contributed by atoms with Crippen molar-refractivity contribution in [2.24, 2.45) is 0 Å². The summed E-state index contributed by atoms with van der Waals surface area (Å²) in [5, 5.41) is 9.14. The quantitative estimate of drug-likeness (QED) is 0.674. The Morgan fingerprint density at radius 2 is 2.00 bits per heavy atom. The van der Waals surface area contributed by atoms with Gasteiger partial charge in [0, 0.05) is 0 Å². The lowest BCUT2D eigenvalue weighted by atomic mass is 10.1. The van der Waals surface area contributed by atoms with Crippen molar-refractivity contribution in [1.82, 2.24) is 0 Å². The fourth-order valence-corrected chi connectivity index (χ4v) is 0.937. The molecule has 0 radical (unpaired) electrons. The maximum absolute atomic E-state index is 9.14. The summed E-state index contributed by atoms with van der Waals surface area (Å²) in [7, 11) is 0. The molecule has 0 amide bonds. The summed E-state index contributed by atoms with van der Waals surface area (Å²) in [6, 6.07) is 5.70. The number of aldehydes is 1. The number of benzene rings is 1. The summed E-state index contributed by atoms with van der Waals surface area (Å²) >= 11 is 0. The van der Waals surface area contributed by atoms with E-state index in [0.717, 1.165) is 18.3 Å². The van der Waals surface area contributed by atoms with E-state index < -0.39 is 0 Å². The van der Waals surface area contributed by atoms with Crippen molar-refractivity contribution >= 4 is 6.29 Å². The molecule has 1 N–H and O–H groups in total. The Labute approximate surface area is 79.2 Å². The molecule has 0 atom stereocenters. The molecule has 0 saturated heterocycles. The molecular formula is C11H16O2. The Morgan fingerprint density at radius 3 is 2.38 bits per heavy atom. The molecule has 1 aromatic rings. The zero-order valence-corrected chi connectivity index (χ0v) is 8.37. The normalized spacial score (nSPS) is 8.54. The molecule has 0 aliphatic carbocycles. The van der Waals surface area contributed by atoms with Crippen LogP contribution >= 0.6 is 0 Å². The van der Waals surface area contributed by atoms with Gasteiger partial charge in [-0.05, 0) is 37.5 Å². The third-order valence-electron chi connectivity index (χ3n) is 1.67. The van der Waals surface area contributed by atoms with Crippen molar-refractivity contribution in [3.05, 3.63) is 29.3 Å². The highest BCUT2D eigenvalue weighted by atomic mass is 16.3. The van der Waals surface area contributed by atoms with E-state index >= 15 is 0 Å². The Hall–Kier alpha value is -1.31. The molecule has 1 rings (SSSR count). The predicted molar refractivity (Wildman–Crippen MR) is 54.0 cm³/mol. The summed E-state index contributed by atoms with van der Waals surface area (Å²) in [5.74, 6) is 0.386. The molecule has 0 saturated carbocycles. The van der Waals surface area contributed by atoms with E-state index in [2.05, 4.69) is 6.92 Å². The molecule has 0 aliphatic rings. The van der Waals surface area contributed by atoms with Crippen LogP contribution in [0.3, 0.4) is 0 Å². The van der Waals surface area contributed by atoms with Crippen molar-refractivity contribution in [3.8, 4) is 5.75 Å². The zero-order valence-electron chi connectivity index (χ0n) is 8.37. The van der Waals surface area contributed by atoms with E-state index in [0.29, 0.717) is 5.75 Å². The minimum absolute atomic E-state index is 0.386. The van der Waals surface area contributed by atoms with Gasteiger partial charge in [-0.15, -0.1) is 0 Å². The van der Waals surface area contributed by atoms with E-state index in [1.807, 2.05) is 19.1 Å². The SMILES string of the molecule is CC=O.CCc1ccc(O)c(C)c1. The molecule has 2 heteroatoms. The fraction of sp³-hybridized carbons (Fsp3) is 0.364. The maximum atomic E-state index is 9.14. The van der Waals surface area contributed by atoms with Gasteiger partial charge in [-0.2, -0.15) is 0 Å². The molecular weight excluding hydrogens is 164 g/mol. The molecule has 0 spiro atoms. The first kappa shape index (κ1) is 11.7. The third-order valence-corrected chi connectivity index (χ3v) is 1.67. The number of aromatic hydroxyl groups is 1. The van der Waals surface area contributed by atoms with Crippen molar-refractivity contribution in [2.45, 2.75) is 27.2 Å². The number of hydrogen-bond donors (Lipinski definition) is 1. The lowest BCUT2D eigenvalue weighted by Crippen LogP contribution is -1.80. The van der Waals surface area contributed by atoms with Gasteiger partial charge < -0.3 is 9.90 Å². The Kier molecular flexibility index (Phi) is 5.60. The Morgan fingerprint density at radius 1 is 1.46 bits per heavy atom. The van der Waals surface area contributed by atoms with Crippen LogP contribution < -0.4 is 0 Å². The molecule has 2 nitrogen and oxygen atoms in total. The number of hydrogen-bond acceptors (Lipinski definition) is 2. The first-order valence-corrected chi connectivity index (χ1v) is 4.34. The molecule has 72 valence electrons. The second kappa shape index (κ2) is 6.23. The topological polar surface area (TPSA) is 37.3 Å². The van der Waals surface area contributed by atoms with E-state index in [9.17, 15) is 0 Å². The monoisotopic (exact) mass is 180 g/mol. The van der Waals surface area contributed by atoms with Crippen molar-refractivity contribution in [1.29, 1.82) is 0 Å². The summed E-state index contributed by atoms with van der Waals surface area (Å²) in [6.07, 6.45) is 1.78. The van der Waals surface area contributed by atoms with Gasteiger partial charge in [0.2, 0.25) is 0 Å². The van der Waals surface area contributed by atoms with Gasteiger partial charge >= 0.3 is 0 Å². The highest BCUT2D eigenvalue weighted by Gasteiger charge is 1.94. The van der Waals surface area contributed by atoms with Gasteiger partial charge in [0.05, 0.1) is 0 Å². The molecule has 1 aromatic carbocycles. The number of rotatable bonds is 1. The van der Waals surface area contributed by atoms with Crippen LogP contribution in [-0.4, -0.2) is 11.4 Å². The average molecular weight is 180 g/mol. The van der Waals surface area contributed by atoms with E-state index in [-0.39, 0.29) is 0 Å². The number of aryl methyl sites for hydroxylation is 2. The van der Waals surface area contributed by atoms with E-state index in [4.69, 9.17) is 9.90 Å². The Balaban J connectivity index is 0.000000424. The molecule has 0 fully saturated rings. The molecule has 0 aliphatic heterocycles. The number of phenolic OH excluding ortho intramolecular Hbond substituents is 1. The minimum Gasteiger partial charge on any atom is -0.508 e. The standard InChI is InChI=1S/C9H12O.C2H4O/c1-3-8-4-5-9(10)7(2)6-8;1-2-3/h4-6,10H,3H2,1-2H3;2H,1H3. The summed E-state index contributed by atoms with van der Waals surface area (Å²) in [4.78, 5) is 8.81. The van der Waals surface area contributed by atoms with Crippen LogP contribution in [0.2, 0.25) is 0 Å². The fourth-order valence-electron chi connectivity index (χ4n) is 0.937. The largest absolute Gasteiger partial charge is 0.508 e. The van der Waals surface area contributed by atoms with Crippen LogP contribution in [0.4, 0.5) is 0 Å². The van der Waals surface area contributed by atoms with Gasteiger partial charge in [-0.25, -0.2) is 0 Å². The van der Waals surface area contributed by atoms with Crippen molar-refractivity contribution < 1.29 is 9.90 Å². The predicted octanol–water partition coefficient (Wildman–Crippen LogP) is 2.47. The van der Waals surface area contributed by atoms with Gasteiger partial charge in [0.1, 0.15) is 12.0 Å². The summed E-state index contributed by atoms with van der Waals surface area (Å²) in [5.41, 5.74) is 2.23. The van der Waals surface area contributed by atoms with E-state index in [1.54, 1.807) is 6.07 Å². The second-order valence-corrected chi connectivity index (χ2v) is 2.71. The van der Waals surface area contributed by atoms with Crippen LogP contribution in [0.1, 0.15) is 25.0 Å². The molecule has 0 unspecified atom stereocenters. The highest BCUT2D eigenvalue weighted by molar-refractivity contribution is 5.44. The summed E-state index contributed by atoms with van der Waals surface area (Å²) in [6.45, 7) is 5.46. The van der Waals surface area contributed by atoms with Gasteiger partial charge in [-0.1, -0.05) is 19.1 Å².